The lowest BCUT2D eigenvalue weighted by molar-refractivity contribution is -0.141. The third kappa shape index (κ3) is 4.21. The molecule has 1 atom stereocenters. The third-order valence-electron chi connectivity index (χ3n) is 5.22. The molecule has 0 spiro atoms. The van der Waals surface area contributed by atoms with Gasteiger partial charge >= 0.3 is 5.97 Å². The number of hydrogen-bond donors (Lipinski definition) is 1. The van der Waals surface area contributed by atoms with Gasteiger partial charge in [-0.3, -0.25) is 14.7 Å². The van der Waals surface area contributed by atoms with Crippen LogP contribution in [0.25, 0.3) is 0 Å². The van der Waals surface area contributed by atoms with E-state index in [9.17, 15) is 9.59 Å². The van der Waals surface area contributed by atoms with E-state index >= 15 is 0 Å². The van der Waals surface area contributed by atoms with Gasteiger partial charge in [-0.25, -0.2) is 0 Å². The Morgan fingerprint density at radius 1 is 1.17 bits per heavy atom. The van der Waals surface area contributed by atoms with E-state index in [-0.39, 0.29) is 18.3 Å². The van der Waals surface area contributed by atoms with Crippen LogP contribution < -0.4 is 9.47 Å². The summed E-state index contributed by atoms with van der Waals surface area (Å²) in [6.45, 7) is 2.54. The summed E-state index contributed by atoms with van der Waals surface area (Å²) in [5, 5.41) is 7.10. The minimum absolute atomic E-state index is 0.0525. The minimum Gasteiger partial charge on any atom is -0.493 e. The second-order valence-electron chi connectivity index (χ2n) is 6.98. The Hall–Kier alpha value is -3.03. The maximum atomic E-state index is 13.2. The second-order valence-corrected chi connectivity index (χ2v) is 6.98. The average molecular weight is 401 g/mol. The number of esters is 1. The standard InChI is InChI=1S/C21H27N3O5/c1-5-6-14-10-16(23-22-14)21(26)24-8-7-13-9-18(27-2)19(28-3)11-15(13)17(24)12-20(25)29-4/h9-11,17H,5-8,12H2,1-4H3,(H,22,23)/t17-/m0/s1. The fourth-order valence-electron chi connectivity index (χ4n) is 3.75. The van der Waals surface area contributed by atoms with Crippen LogP contribution in [0.4, 0.5) is 0 Å². The quantitative estimate of drug-likeness (QED) is 0.717. The summed E-state index contributed by atoms with van der Waals surface area (Å²) in [7, 11) is 4.49. The van der Waals surface area contributed by atoms with Gasteiger partial charge in [0.15, 0.2) is 11.5 Å². The molecule has 0 saturated carbocycles. The van der Waals surface area contributed by atoms with E-state index in [1.54, 1.807) is 25.2 Å². The Kier molecular flexibility index (Phi) is 6.41. The van der Waals surface area contributed by atoms with E-state index in [2.05, 4.69) is 17.1 Å². The first-order valence-corrected chi connectivity index (χ1v) is 9.69. The molecule has 1 aliphatic heterocycles. The summed E-state index contributed by atoms with van der Waals surface area (Å²) in [5.74, 6) is 0.585. The second kappa shape index (κ2) is 8.98. The molecule has 2 aromatic rings. The largest absolute Gasteiger partial charge is 0.493 e. The lowest BCUT2D eigenvalue weighted by Gasteiger charge is -2.37. The Bertz CT molecular complexity index is 892. The van der Waals surface area contributed by atoms with E-state index in [1.807, 2.05) is 12.1 Å². The first kappa shape index (κ1) is 20.7. The number of H-pyrrole nitrogens is 1. The van der Waals surface area contributed by atoms with Gasteiger partial charge in [0.1, 0.15) is 5.69 Å². The van der Waals surface area contributed by atoms with Gasteiger partial charge < -0.3 is 19.1 Å². The maximum absolute atomic E-state index is 13.2. The average Bonchev–Trinajstić information content (AvgIpc) is 3.21. The number of rotatable bonds is 7. The molecular weight excluding hydrogens is 374 g/mol. The van der Waals surface area contributed by atoms with Gasteiger partial charge in [-0.2, -0.15) is 5.10 Å². The first-order valence-electron chi connectivity index (χ1n) is 9.69. The number of nitrogens with one attached hydrogen (secondary N) is 1. The summed E-state index contributed by atoms with van der Waals surface area (Å²) >= 11 is 0. The Labute approximate surface area is 170 Å². The highest BCUT2D eigenvalue weighted by Gasteiger charge is 2.35. The number of aromatic amines is 1. The van der Waals surface area contributed by atoms with Crippen molar-refractivity contribution in [2.45, 2.75) is 38.6 Å². The molecule has 0 radical (unpaired) electrons. The Morgan fingerprint density at radius 2 is 1.90 bits per heavy atom. The molecule has 1 aromatic carbocycles. The molecule has 0 saturated heterocycles. The van der Waals surface area contributed by atoms with E-state index in [1.165, 1.54) is 7.11 Å². The van der Waals surface area contributed by atoms with Crippen molar-refractivity contribution in [2.24, 2.45) is 0 Å². The molecule has 1 aromatic heterocycles. The fourth-order valence-corrected chi connectivity index (χ4v) is 3.75. The Morgan fingerprint density at radius 3 is 2.55 bits per heavy atom. The SMILES string of the molecule is CCCc1cc(C(=O)N2CCc3cc(OC)c(OC)cc3[C@@H]2CC(=O)OC)n[nH]1. The van der Waals surface area contributed by atoms with Crippen LogP contribution in [0.5, 0.6) is 11.5 Å². The summed E-state index contributed by atoms with van der Waals surface area (Å²) in [5.41, 5.74) is 3.16. The highest BCUT2D eigenvalue weighted by Crippen LogP contribution is 2.40. The first-order chi connectivity index (χ1) is 14.0. The minimum atomic E-state index is -0.468. The van der Waals surface area contributed by atoms with Crippen molar-refractivity contribution in [2.75, 3.05) is 27.9 Å². The zero-order valence-electron chi connectivity index (χ0n) is 17.3. The third-order valence-corrected chi connectivity index (χ3v) is 5.22. The molecule has 0 bridgehead atoms. The highest BCUT2D eigenvalue weighted by atomic mass is 16.5. The monoisotopic (exact) mass is 401 g/mol. The topological polar surface area (TPSA) is 93.8 Å². The Balaban J connectivity index is 1.98. The number of benzene rings is 1. The number of aromatic nitrogens is 2. The molecule has 1 N–H and O–H groups in total. The molecule has 1 amide bonds. The molecule has 156 valence electrons. The molecule has 0 unspecified atom stereocenters. The highest BCUT2D eigenvalue weighted by molar-refractivity contribution is 5.93. The van der Waals surface area contributed by atoms with Crippen LogP contribution in [0.1, 0.15) is 53.1 Å². The number of methoxy groups -OCH3 is 3. The van der Waals surface area contributed by atoms with E-state index < -0.39 is 6.04 Å². The number of aryl methyl sites for hydroxylation is 1. The number of ether oxygens (including phenoxy) is 3. The zero-order chi connectivity index (χ0) is 21.0. The van der Waals surface area contributed by atoms with Crippen LogP contribution in [0.15, 0.2) is 18.2 Å². The van der Waals surface area contributed by atoms with Crippen molar-refractivity contribution in [1.29, 1.82) is 0 Å². The summed E-state index contributed by atoms with van der Waals surface area (Å²) in [6, 6.07) is 5.07. The van der Waals surface area contributed by atoms with Gasteiger partial charge in [-0.1, -0.05) is 13.3 Å². The molecule has 2 heterocycles. The number of hydrogen-bond acceptors (Lipinski definition) is 6. The summed E-state index contributed by atoms with van der Waals surface area (Å²) < 4.78 is 15.7. The lowest BCUT2D eigenvalue weighted by atomic mass is 9.89. The predicted molar refractivity (Wildman–Crippen MR) is 106 cm³/mol. The van der Waals surface area contributed by atoms with E-state index in [0.29, 0.717) is 30.2 Å². The number of nitrogens with zero attached hydrogens (tertiary/aromatic N) is 2. The van der Waals surface area contributed by atoms with Gasteiger partial charge in [-0.15, -0.1) is 0 Å². The van der Waals surface area contributed by atoms with Gasteiger partial charge in [0, 0.05) is 12.2 Å². The van der Waals surface area contributed by atoms with E-state index in [4.69, 9.17) is 14.2 Å². The van der Waals surface area contributed by atoms with Gasteiger partial charge in [-0.05, 0) is 42.2 Å². The van der Waals surface area contributed by atoms with Crippen molar-refractivity contribution in [3.8, 4) is 11.5 Å². The number of carbonyl (C=O) groups is 2. The molecule has 8 heteroatoms. The molecule has 3 rings (SSSR count). The number of carbonyl (C=O) groups excluding carboxylic acids is 2. The van der Waals surface area contributed by atoms with Gasteiger partial charge in [0.25, 0.3) is 5.91 Å². The van der Waals surface area contributed by atoms with Crippen LogP contribution >= 0.6 is 0 Å². The van der Waals surface area contributed by atoms with Crippen molar-refractivity contribution in [1.82, 2.24) is 15.1 Å². The van der Waals surface area contributed by atoms with Gasteiger partial charge in [0.2, 0.25) is 0 Å². The molecule has 29 heavy (non-hydrogen) atoms. The van der Waals surface area contributed by atoms with Crippen LogP contribution in [-0.4, -0.2) is 54.8 Å². The molecule has 0 aliphatic carbocycles. The van der Waals surface area contributed by atoms with Crippen LogP contribution in [0.2, 0.25) is 0 Å². The van der Waals surface area contributed by atoms with Crippen molar-refractivity contribution >= 4 is 11.9 Å². The van der Waals surface area contributed by atoms with Crippen molar-refractivity contribution in [3.05, 3.63) is 40.7 Å². The van der Waals surface area contributed by atoms with Crippen molar-refractivity contribution < 1.29 is 23.8 Å². The summed E-state index contributed by atoms with van der Waals surface area (Å²) in [4.78, 5) is 27.0. The summed E-state index contributed by atoms with van der Waals surface area (Å²) in [6.07, 6.45) is 2.48. The number of amides is 1. The van der Waals surface area contributed by atoms with Crippen LogP contribution in [0, 0.1) is 0 Å². The molecule has 1 aliphatic rings. The van der Waals surface area contributed by atoms with Crippen LogP contribution in [0.3, 0.4) is 0 Å². The zero-order valence-corrected chi connectivity index (χ0v) is 17.3. The predicted octanol–water partition coefficient (Wildman–Crippen LogP) is 2.68. The van der Waals surface area contributed by atoms with Crippen molar-refractivity contribution in [3.63, 3.8) is 0 Å². The fraction of sp³-hybridized carbons (Fsp3) is 0.476. The normalized spacial score (nSPS) is 15.6. The lowest BCUT2D eigenvalue weighted by Crippen LogP contribution is -2.41. The maximum Gasteiger partial charge on any atom is 0.307 e. The molecule has 8 nitrogen and oxygen atoms in total. The van der Waals surface area contributed by atoms with Crippen LogP contribution in [-0.2, 0) is 22.4 Å². The number of fused-ring (bicyclic) bond motifs is 1. The van der Waals surface area contributed by atoms with Gasteiger partial charge in [0.05, 0.1) is 33.8 Å². The smallest absolute Gasteiger partial charge is 0.307 e. The van der Waals surface area contributed by atoms with E-state index in [0.717, 1.165) is 29.7 Å². The molecule has 0 fully saturated rings. The molecular formula is C21H27N3O5.